The number of nitrogens with one attached hydrogen (secondary N) is 2. The highest BCUT2D eigenvalue weighted by Crippen LogP contribution is 2.31. The summed E-state index contributed by atoms with van der Waals surface area (Å²) in [5.74, 6) is 0.734. The molecule has 2 aliphatic rings. The van der Waals surface area contributed by atoms with Gasteiger partial charge in [-0.25, -0.2) is 4.79 Å². The standard InChI is InChI=1S/C19H27N3O5/c1-26-19(25)20-13-7-9-22(10-8-13)11-14(23)12-27-17-4-2-3-16-15(17)5-6-18(24)21-16/h2-4,13-14,23H,5-12H2,1H3,(H,20,25)(H,21,24). The summed E-state index contributed by atoms with van der Waals surface area (Å²) in [5, 5.41) is 16.0. The number of aliphatic hydroxyl groups is 1. The van der Waals surface area contributed by atoms with Gasteiger partial charge in [-0.15, -0.1) is 0 Å². The van der Waals surface area contributed by atoms with Crippen LogP contribution in [0.15, 0.2) is 18.2 Å². The largest absolute Gasteiger partial charge is 0.490 e. The van der Waals surface area contributed by atoms with E-state index < -0.39 is 12.2 Å². The minimum absolute atomic E-state index is 0.0183. The number of ether oxygens (including phenoxy) is 2. The molecule has 148 valence electrons. The van der Waals surface area contributed by atoms with Crippen LogP contribution in [0, 0.1) is 0 Å². The lowest BCUT2D eigenvalue weighted by Crippen LogP contribution is -2.47. The summed E-state index contributed by atoms with van der Waals surface area (Å²) in [5.41, 5.74) is 1.78. The molecule has 0 spiro atoms. The van der Waals surface area contributed by atoms with Crippen molar-refractivity contribution in [2.75, 3.05) is 38.7 Å². The van der Waals surface area contributed by atoms with Gasteiger partial charge in [-0.3, -0.25) is 4.79 Å². The number of alkyl carbamates (subject to hydrolysis) is 1. The number of β-amino-alcohol motifs (C(OH)–C–C–N with tert-alkyl or cyclic N) is 1. The van der Waals surface area contributed by atoms with Crippen LogP contribution in [0.25, 0.3) is 0 Å². The minimum Gasteiger partial charge on any atom is -0.490 e. The zero-order valence-electron chi connectivity index (χ0n) is 15.6. The number of anilines is 1. The predicted octanol–water partition coefficient (Wildman–Crippen LogP) is 1.13. The van der Waals surface area contributed by atoms with Crippen LogP contribution in [0.2, 0.25) is 0 Å². The van der Waals surface area contributed by atoms with Crippen LogP contribution in [0.4, 0.5) is 10.5 Å². The molecule has 1 aromatic rings. The molecule has 1 unspecified atom stereocenters. The number of piperidine rings is 1. The van der Waals surface area contributed by atoms with E-state index in [1.165, 1.54) is 7.11 Å². The molecule has 0 bridgehead atoms. The van der Waals surface area contributed by atoms with Crippen molar-refractivity contribution in [3.05, 3.63) is 23.8 Å². The maximum absolute atomic E-state index is 11.5. The van der Waals surface area contributed by atoms with E-state index in [1.807, 2.05) is 18.2 Å². The monoisotopic (exact) mass is 377 g/mol. The van der Waals surface area contributed by atoms with Gasteiger partial charge in [0.15, 0.2) is 0 Å². The van der Waals surface area contributed by atoms with E-state index in [2.05, 4.69) is 20.3 Å². The second-order valence-corrected chi connectivity index (χ2v) is 7.01. The van der Waals surface area contributed by atoms with Crippen LogP contribution in [0.5, 0.6) is 5.75 Å². The van der Waals surface area contributed by atoms with Crippen LogP contribution in [-0.2, 0) is 16.0 Å². The third-order valence-electron chi connectivity index (χ3n) is 5.00. The number of hydrogen-bond acceptors (Lipinski definition) is 6. The molecule has 0 aliphatic carbocycles. The minimum atomic E-state index is -0.607. The summed E-state index contributed by atoms with van der Waals surface area (Å²) in [6, 6.07) is 5.69. The highest BCUT2D eigenvalue weighted by molar-refractivity contribution is 5.94. The van der Waals surface area contributed by atoms with E-state index in [-0.39, 0.29) is 18.6 Å². The number of nitrogens with zero attached hydrogens (tertiary/aromatic N) is 1. The molecule has 1 aromatic carbocycles. The van der Waals surface area contributed by atoms with Crippen molar-refractivity contribution in [2.24, 2.45) is 0 Å². The summed E-state index contributed by atoms with van der Waals surface area (Å²) in [6.07, 6.45) is 1.75. The Morgan fingerprint density at radius 1 is 1.37 bits per heavy atom. The number of aliphatic hydroxyl groups excluding tert-OH is 1. The van der Waals surface area contributed by atoms with Gasteiger partial charge in [0, 0.05) is 43.3 Å². The Morgan fingerprint density at radius 3 is 2.89 bits per heavy atom. The second-order valence-electron chi connectivity index (χ2n) is 7.01. The summed E-state index contributed by atoms with van der Waals surface area (Å²) in [4.78, 5) is 24.9. The number of likely N-dealkylation sites (tertiary alicyclic amines) is 1. The van der Waals surface area contributed by atoms with Crippen molar-refractivity contribution in [3.8, 4) is 5.75 Å². The van der Waals surface area contributed by atoms with E-state index in [0.29, 0.717) is 25.1 Å². The van der Waals surface area contributed by atoms with Gasteiger partial charge in [0.05, 0.1) is 7.11 Å². The Labute approximate surface area is 158 Å². The average Bonchev–Trinajstić information content (AvgIpc) is 2.67. The van der Waals surface area contributed by atoms with Crippen molar-refractivity contribution >= 4 is 17.7 Å². The summed E-state index contributed by atoms with van der Waals surface area (Å²) in [7, 11) is 1.36. The lowest BCUT2D eigenvalue weighted by Gasteiger charge is -2.33. The Bertz CT molecular complexity index is 673. The van der Waals surface area contributed by atoms with Crippen molar-refractivity contribution < 1.29 is 24.2 Å². The first-order chi connectivity index (χ1) is 13.0. The van der Waals surface area contributed by atoms with E-state index in [1.54, 1.807) is 0 Å². The predicted molar refractivity (Wildman–Crippen MR) is 99.9 cm³/mol. The van der Waals surface area contributed by atoms with Crippen molar-refractivity contribution in [2.45, 2.75) is 37.8 Å². The fourth-order valence-corrected chi connectivity index (χ4v) is 3.55. The maximum Gasteiger partial charge on any atom is 0.407 e. The summed E-state index contributed by atoms with van der Waals surface area (Å²) < 4.78 is 10.5. The molecule has 1 atom stereocenters. The average molecular weight is 377 g/mol. The smallest absolute Gasteiger partial charge is 0.407 e. The Morgan fingerprint density at radius 2 is 2.15 bits per heavy atom. The van der Waals surface area contributed by atoms with Gasteiger partial charge in [0.25, 0.3) is 0 Å². The molecule has 3 N–H and O–H groups in total. The SMILES string of the molecule is COC(=O)NC1CCN(CC(O)COc2cccc3c2CCC(=O)N3)CC1. The lowest BCUT2D eigenvalue weighted by atomic mass is 10.0. The number of carbonyl (C=O) groups is 2. The molecule has 1 saturated heterocycles. The van der Waals surface area contributed by atoms with Crippen molar-refractivity contribution in [1.29, 1.82) is 0 Å². The van der Waals surface area contributed by atoms with Gasteiger partial charge in [-0.1, -0.05) is 6.07 Å². The number of benzene rings is 1. The molecule has 3 rings (SSSR count). The quantitative estimate of drug-likeness (QED) is 0.687. The first-order valence-electron chi connectivity index (χ1n) is 9.34. The van der Waals surface area contributed by atoms with E-state index in [0.717, 1.165) is 37.2 Å². The number of methoxy groups -OCH3 is 1. The first kappa shape index (κ1) is 19.4. The molecule has 2 aliphatic heterocycles. The first-order valence-corrected chi connectivity index (χ1v) is 9.34. The maximum atomic E-state index is 11.5. The molecule has 0 radical (unpaired) electrons. The van der Waals surface area contributed by atoms with E-state index >= 15 is 0 Å². The van der Waals surface area contributed by atoms with E-state index in [4.69, 9.17) is 4.74 Å². The van der Waals surface area contributed by atoms with Crippen LogP contribution < -0.4 is 15.4 Å². The third-order valence-corrected chi connectivity index (χ3v) is 5.00. The van der Waals surface area contributed by atoms with Crippen LogP contribution in [0.1, 0.15) is 24.8 Å². The molecule has 0 saturated carbocycles. The summed E-state index contributed by atoms with van der Waals surface area (Å²) in [6.45, 7) is 2.33. The van der Waals surface area contributed by atoms with Crippen LogP contribution >= 0.6 is 0 Å². The molecule has 2 heterocycles. The van der Waals surface area contributed by atoms with E-state index in [9.17, 15) is 14.7 Å². The Kier molecular flexibility index (Phi) is 6.52. The van der Waals surface area contributed by atoms with Gasteiger partial charge in [-0.05, 0) is 31.4 Å². The molecule has 2 amide bonds. The molecule has 8 nitrogen and oxygen atoms in total. The number of fused-ring (bicyclic) bond motifs is 1. The Hall–Kier alpha value is -2.32. The molecule has 8 heteroatoms. The normalized spacial score (nSPS) is 19.0. The van der Waals surface area contributed by atoms with Crippen molar-refractivity contribution in [1.82, 2.24) is 10.2 Å². The van der Waals surface area contributed by atoms with Gasteiger partial charge < -0.3 is 30.1 Å². The third kappa shape index (κ3) is 5.33. The highest BCUT2D eigenvalue weighted by Gasteiger charge is 2.23. The molecular weight excluding hydrogens is 350 g/mol. The molecule has 0 aromatic heterocycles. The molecule has 27 heavy (non-hydrogen) atoms. The van der Waals surface area contributed by atoms with Crippen LogP contribution in [-0.4, -0.2) is 67.5 Å². The highest BCUT2D eigenvalue weighted by atomic mass is 16.5. The summed E-state index contributed by atoms with van der Waals surface area (Å²) >= 11 is 0. The van der Waals surface area contributed by atoms with Gasteiger partial charge in [-0.2, -0.15) is 0 Å². The number of amides is 2. The van der Waals surface area contributed by atoms with Gasteiger partial charge in [0.1, 0.15) is 18.5 Å². The second kappa shape index (κ2) is 9.05. The molecular formula is C19H27N3O5. The number of hydrogen-bond donors (Lipinski definition) is 3. The fraction of sp³-hybridized carbons (Fsp3) is 0.579. The van der Waals surface area contributed by atoms with Crippen LogP contribution in [0.3, 0.4) is 0 Å². The number of rotatable bonds is 6. The van der Waals surface area contributed by atoms with Crippen molar-refractivity contribution in [3.63, 3.8) is 0 Å². The zero-order valence-corrected chi connectivity index (χ0v) is 15.6. The zero-order chi connectivity index (χ0) is 19.2. The topological polar surface area (TPSA) is 100 Å². The fourth-order valence-electron chi connectivity index (χ4n) is 3.55. The van der Waals surface area contributed by atoms with Gasteiger partial charge >= 0.3 is 6.09 Å². The molecule has 1 fully saturated rings. The lowest BCUT2D eigenvalue weighted by molar-refractivity contribution is -0.116. The number of carbonyl (C=O) groups excluding carboxylic acids is 2. The van der Waals surface area contributed by atoms with Gasteiger partial charge in [0.2, 0.25) is 5.91 Å². The Balaban J connectivity index is 1.43.